The van der Waals surface area contributed by atoms with Gasteiger partial charge in [-0.3, -0.25) is 4.79 Å². The van der Waals surface area contributed by atoms with Crippen molar-refractivity contribution in [3.63, 3.8) is 0 Å². The molecular weight excluding hydrogens is 182 g/mol. The van der Waals surface area contributed by atoms with Crippen LogP contribution in [-0.2, 0) is 17.9 Å². The van der Waals surface area contributed by atoms with Crippen molar-refractivity contribution < 1.29 is 4.79 Å². The molecule has 0 bridgehead atoms. The fourth-order valence-corrected chi connectivity index (χ4v) is 1.61. The maximum absolute atomic E-state index is 11.6. The summed E-state index contributed by atoms with van der Waals surface area (Å²) in [4.78, 5) is 17.2. The monoisotopic (exact) mass is 195 g/mol. The number of rotatable bonds is 2. The predicted octanol–water partition coefficient (Wildman–Crippen LogP) is -1.23. The Morgan fingerprint density at radius 2 is 2.29 bits per heavy atom. The first kappa shape index (κ1) is 9.01. The fraction of sp³-hybridized carbons (Fsp3) is 0.500. The maximum atomic E-state index is 11.6. The third kappa shape index (κ3) is 1.33. The molecule has 6 heteroatoms. The number of hydrogen-bond donors (Lipinski definition) is 2. The van der Waals surface area contributed by atoms with E-state index in [1.807, 2.05) is 0 Å². The molecule has 2 rings (SSSR count). The van der Waals surface area contributed by atoms with Crippen molar-refractivity contribution >= 4 is 11.9 Å². The third-order valence-electron chi connectivity index (χ3n) is 2.37. The number of amides is 1. The van der Waals surface area contributed by atoms with Crippen LogP contribution in [-0.4, -0.2) is 33.4 Å². The molecule has 14 heavy (non-hydrogen) atoms. The molecule has 0 radical (unpaired) electrons. The summed E-state index contributed by atoms with van der Waals surface area (Å²) < 4.78 is 1.73. The quantitative estimate of drug-likeness (QED) is 0.618. The van der Waals surface area contributed by atoms with Crippen molar-refractivity contribution in [1.82, 2.24) is 14.5 Å². The van der Waals surface area contributed by atoms with Gasteiger partial charge in [-0.05, 0) is 0 Å². The molecule has 0 spiro atoms. The third-order valence-corrected chi connectivity index (χ3v) is 2.37. The number of aromatic nitrogens is 2. The van der Waals surface area contributed by atoms with Gasteiger partial charge in [-0.2, -0.15) is 0 Å². The normalized spacial score (nSPS) is 15.8. The zero-order valence-electron chi connectivity index (χ0n) is 7.81. The van der Waals surface area contributed by atoms with Crippen LogP contribution in [0, 0.1) is 0 Å². The van der Waals surface area contributed by atoms with Crippen LogP contribution in [0.15, 0.2) is 6.20 Å². The summed E-state index contributed by atoms with van der Waals surface area (Å²) in [6.07, 6.45) is 1.70. The van der Waals surface area contributed by atoms with Gasteiger partial charge in [0.05, 0.1) is 18.4 Å². The summed E-state index contributed by atoms with van der Waals surface area (Å²) in [7, 11) is 0. The molecule has 1 aromatic heterocycles. The van der Waals surface area contributed by atoms with E-state index < -0.39 is 0 Å². The molecule has 0 aliphatic carbocycles. The number of carbonyl (C=O) groups excluding carboxylic acids is 1. The highest BCUT2D eigenvalue weighted by Crippen LogP contribution is 2.15. The number of nitrogen functional groups attached to an aromatic ring is 1. The number of anilines is 1. The summed E-state index contributed by atoms with van der Waals surface area (Å²) in [5.74, 6) is 0.452. The molecule has 2 heterocycles. The van der Waals surface area contributed by atoms with Gasteiger partial charge in [0.25, 0.3) is 0 Å². The largest absolute Gasteiger partial charge is 0.369 e. The molecule has 0 fully saturated rings. The number of hydrogen-bond acceptors (Lipinski definition) is 4. The van der Waals surface area contributed by atoms with Crippen LogP contribution < -0.4 is 11.5 Å². The van der Waals surface area contributed by atoms with Crippen LogP contribution in [0.4, 0.5) is 5.95 Å². The molecule has 0 unspecified atom stereocenters. The van der Waals surface area contributed by atoms with Gasteiger partial charge in [0.15, 0.2) is 0 Å². The number of nitrogens with two attached hydrogens (primary N) is 2. The van der Waals surface area contributed by atoms with Gasteiger partial charge < -0.3 is 20.9 Å². The predicted molar refractivity (Wildman–Crippen MR) is 51.1 cm³/mol. The zero-order chi connectivity index (χ0) is 10.1. The molecule has 4 N–H and O–H groups in total. The Balaban J connectivity index is 2.23. The number of nitrogens with zero attached hydrogens (tertiary/aromatic N) is 3. The molecule has 1 aliphatic heterocycles. The highest BCUT2D eigenvalue weighted by molar-refractivity contribution is 5.77. The van der Waals surface area contributed by atoms with Crippen molar-refractivity contribution in [1.29, 1.82) is 0 Å². The van der Waals surface area contributed by atoms with E-state index in [9.17, 15) is 4.79 Å². The first-order valence-electron chi connectivity index (χ1n) is 4.50. The van der Waals surface area contributed by atoms with Crippen molar-refractivity contribution in [2.24, 2.45) is 5.73 Å². The second-order valence-corrected chi connectivity index (χ2v) is 3.30. The number of fused-ring (bicyclic) bond motifs is 1. The highest BCUT2D eigenvalue weighted by Gasteiger charge is 2.23. The minimum Gasteiger partial charge on any atom is -0.369 e. The van der Waals surface area contributed by atoms with Gasteiger partial charge in [0.2, 0.25) is 11.9 Å². The zero-order valence-corrected chi connectivity index (χ0v) is 7.81. The first-order chi connectivity index (χ1) is 6.72. The Morgan fingerprint density at radius 3 is 3.00 bits per heavy atom. The molecule has 0 saturated heterocycles. The lowest BCUT2D eigenvalue weighted by Gasteiger charge is -2.27. The molecule has 1 aromatic rings. The van der Waals surface area contributed by atoms with E-state index in [2.05, 4.69) is 4.98 Å². The molecule has 1 aliphatic rings. The van der Waals surface area contributed by atoms with E-state index in [0.717, 1.165) is 5.69 Å². The average Bonchev–Trinajstić information content (AvgIpc) is 2.50. The van der Waals surface area contributed by atoms with Crippen LogP contribution in [0.1, 0.15) is 5.69 Å². The van der Waals surface area contributed by atoms with Crippen LogP contribution >= 0.6 is 0 Å². The van der Waals surface area contributed by atoms with Crippen molar-refractivity contribution in [2.75, 3.05) is 18.8 Å². The van der Waals surface area contributed by atoms with Gasteiger partial charge in [-0.15, -0.1) is 0 Å². The smallest absolute Gasteiger partial charge is 0.243 e. The minimum absolute atomic E-state index is 0.0488. The first-order valence-corrected chi connectivity index (χ1v) is 4.50. The molecule has 1 amide bonds. The van der Waals surface area contributed by atoms with Crippen LogP contribution in [0.25, 0.3) is 0 Å². The second-order valence-electron chi connectivity index (χ2n) is 3.30. The topological polar surface area (TPSA) is 90.2 Å². The minimum atomic E-state index is 0.0488. The van der Waals surface area contributed by atoms with Crippen molar-refractivity contribution in [3.8, 4) is 0 Å². The standard InChI is InChI=1S/C8H13N5O/c9-1-2-12-4-6-3-11-8(10)13(6)5-7(12)14/h3H,1-2,4-5,9H2,(H2,10,11). The molecule has 0 atom stereocenters. The summed E-state index contributed by atoms with van der Waals surface area (Å²) >= 11 is 0. The second kappa shape index (κ2) is 3.30. The molecule has 76 valence electrons. The SMILES string of the molecule is NCCN1Cc2cnc(N)n2CC1=O. The Morgan fingerprint density at radius 1 is 1.50 bits per heavy atom. The molecule has 0 saturated carbocycles. The van der Waals surface area contributed by atoms with Gasteiger partial charge in [-0.1, -0.05) is 0 Å². The summed E-state index contributed by atoms with van der Waals surface area (Å²) in [5.41, 5.74) is 12.0. The van der Waals surface area contributed by atoms with Gasteiger partial charge in [-0.25, -0.2) is 4.98 Å². The number of imidazole rings is 1. The number of carbonyl (C=O) groups is 1. The average molecular weight is 195 g/mol. The van der Waals surface area contributed by atoms with E-state index >= 15 is 0 Å². The van der Waals surface area contributed by atoms with Crippen LogP contribution in [0.5, 0.6) is 0 Å². The van der Waals surface area contributed by atoms with Gasteiger partial charge in [0.1, 0.15) is 6.54 Å². The Hall–Kier alpha value is -1.56. The van der Waals surface area contributed by atoms with E-state index in [1.165, 1.54) is 0 Å². The fourth-order valence-electron chi connectivity index (χ4n) is 1.61. The highest BCUT2D eigenvalue weighted by atomic mass is 16.2. The van der Waals surface area contributed by atoms with E-state index in [-0.39, 0.29) is 12.5 Å². The van der Waals surface area contributed by atoms with E-state index in [4.69, 9.17) is 11.5 Å². The Bertz CT molecular complexity index is 359. The summed E-state index contributed by atoms with van der Waals surface area (Å²) in [5, 5.41) is 0. The Labute approximate surface area is 81.5 Å². The molecular formula is C8H13N5O. The summed E-state index contributed by atoms with van der Waals surface area (Å²) in [6.45, 7) is 1.90. The van der Waals surface area contributed by atoms with Crippen molar-refractivity contribution in [2.45, 2.75) is 13.1 Å². The van der Waals surface area contributed by atoms with Gasteiger partial charge >= 0.3 is 0 Å². The maximum Gasteiger partial charge on any atom is 0.243 e. The van der Waals surface area contributed by atoms with E-state index in [0.29, 0.717) is 25.6 Å². The Kier molecular flexibility index (Phi) is 2.12. The van der Waals surface area contributed by atoms with Crippen molar-refractivity contribution in [3.05, 3.63) is 11.9 Å². The van der Waals surface area contributed by atoms with Gasteiger partial charge in [0, 0.05) is 13.1 Å². The molecule has 0 aromatic carbocycles. The van der Waals surface area contributed by atoms with E-state index in [1.54, 1.807) is 15.7 Å². The summed E-state index contributed by atoms with van der Waals surface area (Å²) in [6, 6.07) is 0. The van der Waals surface area contributed by atoms with Crippen LogP contribution in [0.2, 0.25) is 0 Å². The molecule has 6 nitrogen and oxygen atoms in total. The van der Waals surface area contributed by atoms with Crippen LogP contribution in [0.3, 0.4) is 0 Å². The lowest BCUT2D eigenvalue weighted by atomic mass is 10.3. The lowest BCUT2D eigenvalue weighted by molar-refractivity contribution is -0.133. The lowest BCUT2D eigenvalue weighted by Crippen LogP contribution is -2.41.